The summed E-state index contributed by atoms with van der Waals surface area (Å²) in [4.78, 5) is 11.1. The molecule has 0 aromatic rings. The SMILES string of the molecule is CC1CC2(CCC(C)(C(=O)O)O2)C(C)O1. The molecule has 0 aromatic carbocycles. The summed E-state index contributed by atoms with van der Waals surface area (Å²) >= 11 is 0. The van der Waals surface area contributed by atoms with Gasteiger partial charge in [0.05, 0.1) is 17.8 Å². The predicted octanol–water partition coefficient (Wildman–Crippen LogP) is 1.58. The van der Waals surface area contributed by atoms with Crippen molar-refractivity contribution in [1.29, 1.82) is 0 Å². The van der Waals surface area contributed by atoms with E-state index in [0.717, 1.165) is 12.8 Å². The fourth-order valence-corrected chi connectivity index (χ4v) is 2.75. The Balaban J connectivity index is 2.18. The minimum atomic E-state index is -1.03. The molecule has 2 aliphatic rings. The van der Waals surface area contributed by atoms with Gasteiger partial charge in [0, 0.05) is 6.42 Å². The van der Waals surface area contributed by atoms with Crippen LogP contribution in [0.5, 0.6) is 0 Å². The first-order valence-corrected chi connectivity index (χ1v) is 5.47. The molecule has 0 aromatic heterocycles. The van der Waals surface area contributed by atoms with Crippen LogP contribution >= 0.6 is 0 Å². The standard InChI is InChI=1S/C11H18O4/c1-7-6-11(8(2)14-7)5-4-10(3,15-11)9(12)13/h7-8H,4-6H2,1-3H3,(H,12,13). The van der Waals surface area contributed by atoms with Crippen molar-refractivity contribution in [3.05, 3.63) is 0 Å². The van der Waals surface area contributed by atoms with E-state index in [2.05, 4.69) is 0 Å². The maximum atomic E-state index is 11.1. The van der Waals surface area contributed by atoms with Gasteiger partial charge in [-0.3, -0.25) is 0 Å². The molecule has 0 amide bonds. The molecule has 4 heteroatoms. The fraction of sp³-hybridized carbons (Fsp3) is 0.909. The highest BCUT2D eigenvalue weighted by atomic mass is 16.6. The van der Waals surface area contributed by atoms with Gasteiger partial charge < -0.3 is 14.6 Å². The summed E-state index contributed by atoms with van der Waals surface area (Å²) in [5, 5.41) is 9.10. The molecule has 0 bridgehead atoms. The lowest BCUT2D eigenvalue weighted by atomic mass is 9.90. The molecule has 86 valence electrons. The summed E-state index contributed by atoms with van der Waals surface area (Å²) in [5.74, 6) is -0.869. The van der Waals surface area contributed by atoms with Crippen LogP contribution in [0.1, 0.15) is 40.0 Å². The number of hydrogen-bond acceptors (Lipinski definition) is 3. The number of carboxylic acid groups (broad SMARTS) is 1. The number of aliphatic carboxylic acids is 1. The van der Waals surface area contributed by atoms with Crippen LogP contribution in [0.25, 0.3) is 0 Å². The van der Waals surface area contributed by atoms with Crippen molar-refractivity contribution in [2.45, 2.75) is 63.4 Å². The van der Waals surface area contributed by atoms with Crippen molar-refractivity contribution in [2.24, 2.45) is 0 Å². The van der Waals surface area contributed by atoms with Crippen molar-refractivity contribution >= 4 is 5.97 Å². The molecule has 2 fully saturated rings. The molecule has 2 rings (SSSR count). The van der Waals surface area contributed by atoms with Crippen LogP contribution in [-0.4, -0.2) is 34.5 Å². The third kappa shape index (κ3) is 1.56. The smallest absolute Gasteiger partial charge is 0.335 e. The highest BCUT2D eigenvalue weighted by molar-refractivity contribution is 5.77. The Morgan fingerprint density at radius 2 is 2.07 bits per heavy atom. The topological polar surface area (TPSA) is 55.8 Å². The number of carbonyl (C=O) groups is 1. The van der Waals surface area contributed by atoms with E-state index in [1.165, 1.54) is 0 Å². The van der Waals surface area contributed by atoms with E-state index in [0.29, 0.717) is 6.42 Å². The fourth-order valence-electron chi connectivity index (χ4n) is 2.75. The molecule has 0 aliphatic carbocycles. The summed E-state index contributed by atoms with van der Waals surface area (Å²) in [6.45, 7) is 5.63. The third-order valence-corrected chi connectivity index (χ3v) is 3.72. The summed E-state index contributed by atoms with van der Waals surface area (Å²) < 4.78 is 11.5. The Labute approximate surface area is 89.6 Å². The molecule has 4 atom stereocenters. The van der Waals surface area contributed by atoms with Crippen LogP contribution in [0.4, 0.5) is 0 Å². The molecular formula is C11H18O4. The molecule has 4 unspecified atom stereocenters. The number of rotatable bonds is 1. The van der Waals surface area contributed by atoms with E-state index < -0.39 is 11.6 Å². The van der Waals surface area contributed by atoms with Crippen LogP contribution < -0.4 is 0 Å². The van der Waals surface area contributed by atoms with Crippen LogP contribution in [0.2, 0.25) is 0 Å². The van der Waals surface area contributed by atoms with Gasteiger partial charge in [-0.25, -0.2) is 4.79 Å². The van der Waals surface area contributed by atoms with Gasteiger partial charge in [0.2, 0.25) is 0 Å². The maximum Gasteiger partial charge on any atom is 0.335 e. The van der Waals surface area contributed by atoms with Crippen LogP contribution in [0, 0.1) is 0 Å². The zero-order valence-corrected chi connectivity index (χ0v) is 9.45. The molecular weight excluding hydrogens is 196 g/mol. The lowest BCUT2D eigenvalue weighted by Crippen LogP contribution is -2.42. The summed E-state index contributed by atoms with van der Waals surface area (Å²) in [6, 6.07) is 0. The van der Waals surface area contributed by atoms with E-state index in [1.54, 1.807) is 6.92 Å². The van der Waals surface area contributed by atoms with Crippen LogP contribution in [-0.2, 0) is 14.3 Å². The summed E-state index contributed by atoms with van der Waals surface area (Å²) in [6.07, 6.45) is 2.31. The lowest BCUT2D eigenvalue weighted by molar-refractivity contribution is -0.175. The van der Waals surface area contributed by atoms with Gasteiger partial charge in [-0.15, -0.1) is 0 Å². The first-order chi connectivity index (χ1) is 6.88. The zero-order valence-electron chi connectivity index (χ0n) is 9.45. The maximum absolute atomic E-state index is 11.1. The Hall–Kier alpha value is -0.610. The Morgan fingerprint density at radius 3 is 2.47 bits per heavy atom. The molecule has 1 spiro atoms. The minimum Gasteiger partial charge on any atom is -0.479 e. The monoisotopic (exact) mass is 214 g/mol. The lowest BCUT2D eigenvalue weighted by Gasteiger charge is -2.29. The third-order valence-electron chi connectivity index (χ3n) is 3.72. The highest BCUT2D eigenvalue weighted by Crippen LogP contribution is 2.47. The normalized spacial score (nSPS) is 50.1. The van der Waals surface area contributed by atoms with Gasteiger partial charge in [0.1, 0.15) is 0 Å². The second kappa shape index (κ2) is 3.19. The molecule has 2 aliphatic heterocycles. The number of ether oxygens (including phenoxy) is 2. The molecule has 2 heterocycles. The van der Waals surface area contributed by atoms with E-state index >= 15 is 0 Å². The van der Waals surface area contributed by atoms with Crippen molar-refractivity contribution in [2.75, 3.05) is 0 Å². The predicted molar refractivity (Wildman–Crippen MR) is 53.7 cm³/mol. The molecule has 1 N–H and O–H groups in total. The summed E-state index contributed by atoms with van der Waals surface area (Å²) in [7, 11) is 0. The minimum absolute atomic E-state index is 0.00586. The Kier molecular flexibility index (Phi) is 2.32. The van der Waals surface area contributed by atoms with Gasteiger partial charge in [0.25, 0.3) is 0 Å². The van der Waals surface area contributed by atoms with E-state index in [9.17, 15) is 4.79 Å². The highest BCUT2D eigenvalue weighted by Gasteiger charge is 2.57. The van der Waals surface area contributed by atoms with Crippen molar-refractivity contribution in [3.8, 4) is 0 Å². The Bertz CT molecular complexity index is 290. The van der Waals surface area contributed by atoms with Crippen LogP contribution in [0.3, 0.4) is 0 Å². The molecule has 0 radical (unpaired) electrons. The van der Waals surface area contributed by atoms with Crippen molar-refractivity contribution in [1.82, 2.24) is 0 Å². The van der Waals surface area contributed by atoms with Gasteiger partial charge in [-0.2, -0.15) is 0 Å². The first kappa shape index (κ1) is 10.9. The average Bonchev–Trinajstić information content (AvgIpc) is 2.57. The van der Waals surface area contributed by atoms with Crippen molar-refractivity contribution < 1.29 is 19.4 Å². The second-order valence-corrected chi connectivity index (χ2v) is 5.00. The van der Waals surface area contributed by atoms with Crippen molar-refractivity contribution in [3.63, 3.8) is 0 Å². The first-order valence-electron chi connectivity index (χ1n) is 5.47. The second-order valence-electron chi connectivity index (χ2n) is 5.00. The summed E-state index contributed by atoms with van der Waals surface area (Å²) in [5.41, 5.74) is -1.39. The van der Waals surface area contributed by atoms with Gasteiger partial charge >= 0.3 is 5.97 Å². The van der Waals surface area contributed by atoms with E-state index in [1.807, 2.05) is 13.8 Å². The largest absolute Gasteiger partial charge is 0.479 e. The number of hydrogen-bond donors (Lipinski definition) is 1. The molecule has 15 heavy (non-hydrogen) atoms. The molecule has 0 saturated carbocycles. The number of carboxylic acids is 1. The molecule has 4 nitrogen and oxygen atoms in total. The van der Waals surface area contributed by atoms with Crippen LogP contribution in [0.15, 0.2) is 0 Å². The average molecular weight is 214 g/mol. The molecule has 2 saturated heterocycles. The van der Waals surface area contributed by atoms with E-state index in [4.69, 9.17) is 14.6 Å². The van der Waals surface area contributed by atoms with E-state index in [-0.39, 0.29) is 17.8 Å². The van der Waals surface area contributed by atoms with Gasteiger partial charge in [0.15, 0.2) is 5.60 Å². The van der Waals surface area contributed by atoms with Gasteiger partial charge in [-0.1, -0.05) is 0 Å². The zero-order chi connectivity index (χ0) is 11.3. The van der Waals surface area contributed by atoms with Gasteiger partial charge in [-0.05, 0) is 33.6 Å². The Morgan fingerprint density at radius 1 is 1.40 bits per heavy atom. The quantitative estimate of drug-likeness (QED) is 0.720.